The summed E-state index contributed by atoms with van der Waals surface area (Å²) in [6, 6.07) is 3.83. The van der Waals surface area contributed by atoms with Crippen LogP contribution in [0.1, 0.15) is 35.2 Å². The molecule has 1 atom stereocenters. The highest BCUT2D eigenvalue weighted by atomic mass is 16.6. The Morgan fingerprint density at radius 1 is 1.41 bits per heavy atom. The smallest absolute Gasteiger partial charge is 0.272 e. The molecular weight excluding hydrogens is 348 g/mol. The van der Waals surface area contributed by atoms with Gasteiger partial charge < -0.3 is 15.5 Å². The summed E-state index contributed by atoms with van der Waals surface area (Å²) in [4.78, 5) is 37.5. The molecule has 2 aliphatic rings. The standard InChI is InChI=1S/C19H24N4O4/c1-13-11-15(4-5-16(13)23(26)27)19(25)22-10-2-3-17(22)18(24)21-12-14-6-8-20-9-7-14/h4-6,11,17,20H,2-3,7-10,12H2,1H3,(H,21,24). The summed E-state index contributed by atoms with van der Waals surface area (Å²) in [6.45, 7) is 4.36. The van der Waals surface area contributed by atoms with E-state index < -0.39 is 11.0 Å². The molecule has 0 spiro atoms. The number of nitro groups is 1. The zero-order valence-electron chi connectivity index (χ0n) is 15.4. The summed E-state index contributed by atoms with van der Waals surface area (Å²) in [5.41, 5.74) is 1.99. The molecule has 0 aliphatic carbocycles. The van der Waals surface area contributed by atoms with Crippen molar-refractivity contribution < 1.29 is 14.5 Å². The van der Waals surface area contributed by atoms with Gasteiger partial charge in [0.25, 0.3) is 11.6 Å². The van der Waals surface area contributed by atoms with E-state index in [1.54, 1.807) is 11.8 Å². The minimum atomic E-state index is -0.490. The van der Waals surface area contributed by atoms with Gasteiger partial charge in [0.15, 0.2) is 0 Å². The number of hydrogen-bond donors (Lipinski definition) is 2. The van der Waals surface area contributed by atoms with E-state index in [2.05, 4.69) is 16.7 Å². The number of carbonyl (C=O) groups is 2. The number of benzene rings is 1. The monoisotopic (exact) mass is 372 g/mol. The number of nitrogens with one attached hydrogen (secondary N) is 2. The predicted molar refractivity (Wildman–Crippen MR) is 100 cm³/mol. The normalized spacial score (nSPS) is 19.5. The first-order valence-corrected chi connectivity index (χ1v) is 9.19. The van der Waals surface area contributed by atoms with E-state index in [-0.39, 0.29) is 17.5 Å². The van der Waals surface area contributed by atoms with Gasteiger partial charge >= 0.3 is 0 Å². The molecule has 2 aliphatic heterocycles. The molecule has 1 aromatic carbocycles. The van der Waals surface area contributed by atoms with Gasteiger partial charge in [0.05, 0.1) is 4.92 Å². The van der Waals surface area contributed by atoms with Crippen molar-refractivity contribution in [3.8, 4) is 0 Å². The molecule has 0 aromatic heterocycles. The number of hydrogen-bond acceptors (Lipinski definition) is 5. The van der Waals surface area contributed by atoms with Gasteiger partial charge in [-0.1, -0.05) is 11.6 Å². The van der Waals surface area contributed by atoms with Crippen LogP contribution in [0.4, 0.5) is 5.69 Å². The molecule has 1 saturated heterocycles. The third-order valence-electron chi connectivity index (χ3n) is 5.10. The highest BCUT2D eigenvalue weighted by Crippen LogP contribution is 2.24. The van der Waals surface area contributed by atoms with Gasteiger partial charge in [-0.25, -0.2) is 0 Å². The Morgan fingerprint density at radius 3 is 2.89 bits per heavy atom. The maximum Gasteiger partial charge on any atom is 0.272 e. The fraction of sp³-hybridized carbons (Fsp3) is 0.474. The third-order valence-corrected chi connectivity index (χ3v) is 5.10. The lowest BCUT2D eigenvalue weighted by atomic mass is 10.1. The summed E-state index contributed by atoms with van der Waals surface area (Å²) < 4.78 is 0. The lowest BCUT2D eigenvalue weighted by molar-refractivity contribution is -0.385. The molecule has 1 fully saturated rings. The van der Waals surface area contributed by atoms with E-state index in [1.165, 1.54) is 23.8 Å². The van der Waals surface area contributed by atoms with Gasteiger partial charge in [0.2, 0.25) is 5.91 Å². The van der Waals surface area contributed by atoms with Crippen molar-refractivity contribution >= 4 is 17.5 Å². The van der Waals surface area contributed by atoms with E-state index in [4.69, 9.17) is 0 Å². The highest BCUT2D eigenvalue weighted by Gasteiger charge is 2.34. The predicted octanol–water partition coefficient (Wildman–Crippen LogP) is 1.54. The highest BCUT2D eigenvalue weighted by molar-refractivity contribution is 5.98. The summed E-state index contributed by atoms with van der Waals surface area (Å²) in [5, 5.41) is 17.1. The lowest BCUT2D eigenvalue weighted by Gasteiger charge is -2.25. The van der Waals surface area contributed by atoms with Crippen molar-refractivity contribution in [2.75, 3.05) is 26.2 Å². The van der Waals surface area contributed by atoms with E-state index in [0.29, 0.717) is 30.6 Å². The van der Waals surface area contributed by atoms with Crippen LogP contribution in [0, 0.1) is 17.0 Å². The minimum absolute atomic E-state index is 0.0162. The number of rotatable bonds is 5. The molecule has 2 N–H and O–H groups in total. The van der Waals surface area contributed by atoms with Gasteiger partial charge in [0.1, 0.15) is 6.04 Å². The first-order chi connectivity index (χ1) is 13.0. The van der Waals surface area contributed by atoms with Crippen molar-refractivity contribution in [3.05, 3.63) is 51.1 Å². The fourth-order valence-corrected chi connectivity index (χ4v) is 3.59. The second-order valence-electron chi connectivity index (χ2n) is 6.95. The number of amides is 2. The number of aryl methyl sites for hydroxylation is 1. The molecule has 144 valence electrons. The molecule has 3 rings (SSSR count). The van der Waals surface area contributed by atoms with Gasteiger partial charge in [-0.2, -0.15) is 0 Å². The van der Waals surface area contributed by atoms with Crippen molar-refractivity contribution in [1.82, 2.24) is 15.5 Å². The first kappa shape index (κ1) is 19.0. The maximum absolute atomic E-state index is 12.9. The van der Waals surface area contributed by atoms with E-state index in [9.17, 15) is 19.7 Å². The zero-order chi connectivity index (χ0) is 19.4. The summed E-state index contributed by atoms with van der Waals surface area (Å²) in [6.07, 6.45) is 4.39. The SMILES string of the molecule is Cc1cc(C(=O)N2CCCC2C(=O)NCC2=CCNCC2)ccc1[N+](=O)[O-]. The third kappa shape index (κ3) is 4.33. The Hall–Kier alpha value is -2.74. The molecule has 0 bridgehead atoms. The summed E-state index contributed by atoms with van der Waals surface area (Å²) in [7, 11) is 0. The zero-order valence-corrected chi connectivity index (χ0v) is 15.4. The second-order valence-corrected chi connectivity index (χ2v) is 6.95. The van der Waals surface area contributed by atoms with Crippen LogP contribution < -0.4 is 10.6 Å². The van der Waals surface area contributed by atoms with Crippen LogP contribution >= 0.6 is 0 Å². The van der Waals surface area contributed by atoms with Crippen LogP contribution in [0.3, 0.4) is 0 Å². The molecule has 8 heteroatoms. The molecule has 27 heavy (non-hydrogen) atoms. The molecule has 0 saturated carbocycles. The molecule has 8 nitrogen and oxygen atoms in total. The van der Waals surface area contributed by atoms with Gasteiger partial charge in [0, 0.05) is 36.8 Å². The van der Waals surface area contributed by atoms with E-state index in [0.717, 1.165) is 25.9 Å². The Labute approximate surface area is 157 Å². The Morgan fingerprint density at radius 2 is 2.22 bits per heavy atom. The summed E-state index contributed by atoms with van der Waals surface area (Å²) >= 11 is 0. The van der Waals surface area contributed by atoms with Crippen LogP contribution in [0.25, 0.3) is 0 Å². The largest absolute Gasteiger partial charge is 0.351 e. The minimum Gasteiger partial charge on any atom is -0.351 e. The van der Waals surface area contributed by atoms with Crippen LogP contribution in [0.5, 0.6) is 0 Å². The summed E-state index contributed by atoms with van der Waals surface area (Å²) in [5.74, 6) is -0.398. The number of nitrogens with zero attached hydrogens (tertiary/aromatic N) is 2. The fourth-order valence-electron chi connectivity index (χ4n) is 3.59. The van der Waals surface area contributed by atoms with Gasteiger partial charge in [-0.05, 0) is 44.9 Å². The lowest BCUT2D eigenvalue weighted by Crippen LogP contribution is -2.46. The molecular formula is C19H24N4O4. The number of likely N-dealkylation sites (tertiary alicyclic amines) is 1. The van der Waals surface area contributed by atoms with Crippen LogP contribution in [0.2, 0.25) is 0 Å². The molecule has 0 radical (unpaired) electrons. The van der Waals surface area contributed by atoms with Crippen LogP contribution in [-0.2, 0) is 4.79 Å². The number of nitro benzene ring substituents is 1. The molecule has 2 heterocycles. The quantitative estimate of drug-likeness (QED) is 0.463. The Balaban J connectivity index is 1.67. The van der Waals surface area contributed by atoms with Crippen molar-refractivity contribution in [3.63, 3.8) is 0 Å². The van der Waals surface area contributed by atoms with Crippen LogP contribution in [0.15, 0.2) is 29.8 Å². The van der Waals surface area contributed by atoms with Crippen molar-refractivity contribution in [2.45, 2.75) is 32.2 Å². The molecule has 2 amide bonds. The Kier molecular flexibility index (Phi) is 5.85. The second kappa shape index (κ2) is 8.30. The molecule has 1 unspecified atom stereocenters. The van der Waals surface area contributed by atoms with Crippen molar-refractivity contribution in [1.29, 1.82) is 0 Å². The van der Waals surface area contributed by atoms with E-state index in [1.807, 2.05) is 0 Å². The van der Waals surface area contributed by atoms with Crippen LogP contribution in [-0.4, -0.2) is 53.9 Å². The van der Waals surface area contributed by atoms with Gasteiger partial charge in [-0.3, -0.25) is 19.7 Å². The topological polar surface area (TPSA) is 105 Å². The van der Waals surface area contributed by atoms with Crippen molar-refractivity contribution in [2.24, 2.45) is 0 Å². The van der Waals surface area contributed by atoms with E-state index >= 15 is 0 Å². The average Bonchev–Trinajstić information content (AvgIpc) is 3.16. The maximum atomic E-state index is 12.9. The first-order valence-electron chi connectivity index (χ1n) is 9.19. The van der Waals surface area contributed by atoms with Gasteiger partial charge in [-0.15, -0.1) is 0 Å². The number of carbonyl (C=O) groups excluding carboxylic acids is 2. The molecule has 1 aromatic rings. The Bertz CT molecular complexity index is 790. The average molecular weight is 372 g/mol.